The molecule has 3 heteroatoms. The third kappa shape index (κ3) is 2.50. The molecule has 100 valence electrons. The van der Waals surface area contributed by atoms with Gasteiger partial charge in [0, 0.05) is 5.69 Å². The lowest BCUT2D eigenvalue weighted by molar-refractivity contribution is 0.458. The fourth-order valence-electron chi connectivity index (χ4n) is 2.58. The van der Waals surface area contributed by atoms with Gasteiger partial charge in [0.25, 0.3) is 0 Å². The summed E-state index contributed by atoms with van der Waals surface area (Å²) in [6.45, 7) is 1.89. The monoisotopic (exact) mass is 264 g/mol. The second-order valence-corrected chi connectivity index (χ2v) is 5.16. The van der Waals surface area contributed by atoms with Crippen LogP contribution < -0.4 is 4.74 Å². The summed E-state index contributed by atoms with van der Waals surface area (Å²) in [5.74, 6) is 1.16. The van der Waals surface area contributed by atoms with Crippen LogP contribution in [0.5, 0.6) is 11.6 Å². The first-order valence-electron chi connectivity index (χ1n) is 6.93. The first kappa shape index (κ1) is 12.7. The summed E-state index contributed by atoms with van der Waals surface area (Å²) in [6.07, 6.45) is 4.77. The van der Waals surface area contributed by atoms with Gasteiger partial charge in [-0.25, -0.2) is 4.98 Å². The van der Waals surface area contributed by atoms with Crippen molar-refractivity contribution in [3.63, 3.8) is 0 Å². The van der Waals surface area contributed by atoms with Crippen molar-refractivity contribution in [2.24, 2.45) is 0 Å². The summed E-state index contributed by atoms with van der Waals surface area (Å²) in [7, 11) is 0. The zero-order valence-electron chi connectivity index (χ0n) is 11.5. The largest absolute Gasteiger partial charge is 0.438 e. The Bertz CT molecular complexity index is 686. The van der Waals surface area contributed by atoms with Crippen LogP contribution in [-0.4, -0.2) is 4.98 Å². The number of pyridine rings is 1. The average Bonchev–Trinajstić information content (AvgIpc) is 2.47. The smallest absolute Gasteiger partial charge is 0.237 e. The van der Waals surface area contributed by atoms with Crippen molar-refractivity contribution in [1.29, 1.82) is 5.26 Å². The Labute approximate surface area is 118 Å². The molecule has 3 nitrogen and oxygen atoms in total. The van der Waals surface area contributed by atoms with Gasteiger partial charge in [-0.15, -0.1) is 0 Å². The van der Waals surface area contributed by atoms with E-state index in [1.165, 1.54) is 24.0 Å². The molecule has 0 fully saturated rings. The van der Waals surface area contributed by atoms with Crippen molar-refractivity contribution in [2.75, 3.05) is 0 Å². The minimum Gasteiger partial charge on any atom is -0.438 e. The van der Waals surface area contributed by atoms with Gasteiger partial charge in [0.1, 0.15) is 17.4 Å². The summed E-state index contributed by atoms with van der Waals surface area (Å²) in [5.41, 5.74) is 4.09. The molecule has 0 spiro atoms. The number of hydrogen-bond donors (Lipinski definition) is 0. The Morgan fingerprint density at radius 1 is 1.10 bits per heavy atom. The fraction of sp³-hybridized carbons (Fsp3) is 0.294. The maximum absolute atomic E-state index is 9.11. The van der Waals surface area contributed by atoms with E-state index < -0.39 is 0 Å². The molecule has 20 heavy (non-hydrogen) atoms. The molecule has 0 bridgehead atoms. The van der Waals surface area contributed by atoms with Crippen molar-refractivity contribution < 1.29 is 4.74 Å². The van der Waals surface area contributed by atoms with Gasteiger partial charge in [0.2, 0.25) is 5.88 Å². The van der Waals surface area contributed by atoms with E-state index >= 15 is 0 Å². The number of aryl methyl sites for hydroxylation is 3. The molecule has 0 amide bonds. The van der Waals surface area contributed by atoms with Crippen LogP contribution in [0.4, 0.5) is 0 Å². The van der Waals surface area contributed by atoms with Gasteiger partial charge in [-0.3, -0.25) is 0 Å². The number of rotatable bonds is 2. The maximum Gasteiger partial charge on any atom is 0.237 e. The Hall–Kier alpha value is -2.34. The molecule has 1 aromatic heterocycles. The number of ether oxygens (including phenoxy) is 1. The predicted molar refractivity (Wildman–Crippen MR) is 76.8 cm³/mol. The lowest BCUT2D eigenvalue weighted by atomic mass is 9.92. The number of nitrogens with zero attached hydrogens (tertiary/aromatic N) is 2. The number of hydrogen-bond acceptors (Lipinski definition) is 3. The molecule has 2 aromatic rings. The summed E-state index contributed by atoms with van der Waals surface area (Å²) < 4.78 is 5.81. The fourth-order valence-corrected chi connectivity index (χ4v) is 2.58. The van der Waals surface area contributed by atoms with E-state index in [2.05, 4.69) is 23.2 Å². The van der Waals surface area contributed by atoms with E-state index in [0.29, 0.717) is 11.4 Å². The van der Waals surface area contributed by atoms with Crippen LogP contribution in [0.1, 0.15) is 35.2 Å². The molecular weight excluding hydrogens is 248 g/mol. The van der Waals surface area contributed by atoms with Crippen molar-refractivity contribution in [3.05, 3.63) is 52.7 Å². The molecule has 3 rings (SSSR count). The van der Waals surface area contributed by atoms with E-state index in [-0.39, 0.29) is 0 Å². The lowest BCUT2D eigenvalue weighted by Crippen LogP contribution is -2.02. The minimum atomic E-state index is 0.392. The van der Waals surface area contributed by atoms with Gasteiger partial charge in [0.15, 0.2) is 0 Å². The summed E-state index contributed by atoms with van der Waals surface area (Å²) >= 11 is 0. The molecular formula is C17H16N2O. The van der Waals surface area contributed by atoms with Crippen molar-refractivity contribution >= 4 is 0 Å². The second kappa shape index (κ2) is 5.34. The van der Waals surface area contributed by atoms with Crippen LogP contribution in [0.2, 0.25) is 0 Å². The number of fused-ring (bicyclic) bond motifs is 1. The highest BCUT2D eigenvalue weighted by molar-refractivity contribution is 5.43. The quantitative estimate of drug-likeness (QED) is 0.825. The highest BCUT2D eigenvalue weighted by atomic mass is 16.5. The molecule has 0 atom stereocenters. The number of aromatic nitrogens is 1. The zero-order chi connectivity index (χ0) is 13.9. The Morgan fingerprint density at radius 2 is 1.90 bits per heavy atom. The van der Waals surface area contributed by atoms with Crippen LogP contribution >= 0.6 is 0 Å². The summed E-state index contributed by atoms with van der Waals surface area (Å²) in [4.78, 5) is 4.31. The van der Waals surface area contributed by atoms with Crippen LogP contribution in [0.15, 0.2) is 30.3 Å². The first-order chi connectivity index (χ1) is 9.76. The normalized spacial score (nSPS) is 13.4. The molecule has 1 aliphatic carbocycles. The van der Waals surface area contributed by atoms with Gasteiger partial charge in [-0.2, -0.15) is 5.26 Å². The van der Waals surface area contributed by atoms with Crippen LogP contribution in [0.25, 0.3) is 0 Å². The number of benzene rings is 1. The Kier molecular flexibility index (Phi) is 3.39. The number of nitriles is 1. The Balaban J connectivity index is 1.92. The van der Waals surface area contributed by atoms with Gasteiger partial charge in [-0.05, 0) is 68.0 Å². The first-order valence-corrected chi connectivity index (χ1v) is 6.93. The van der Waals surface area contributed by atoms with E-state index in [9.17, 15) is 0 Å². The lowest BCUT2D eigenvalue weighted by Gasteiger charge is -2.16. The molecule has 0 saturated heterocycles. The van der Waals surface area contributed by atoms with E-state index in [1.807, 2.05) is 19.1 Å². The van der Waals surface area contributed by atoms with Crippen molar-refractivity contribution in [2.45, 2.75) is 32.6 Å². The summed E-state index contributed by atoms with van der Waals surface area (Å²) in [5, 5.41) is 9.11. The van der Waals surface area contributed by atoms with Crippen LogP contribution in [0.3, 0.4) is 0 Å². The third-order valence-electron chi connectivity index (χ3n) is 3.65. The van der Waals surface area contributed by atoms with Crippen LogP contribution in [-0.2, 0) is 12.8 Å². The highest BCUT2D eigenvalue weighted by Crippen LogP contribution is 2.29. The van der Waals surface area contributed by atoms with E-state index in [0.717, 1.165) is 24.3 Å². The van der Waals surface area contributed by atoms with Gasteiger partial charge in [-0.1, -0.05) is 6.07 Å². The molecule has 1 aliphatic rings. The van der Waals surface area contributed by atoms with Gasteiger partial charge in [0.05, 0.1) is 0 Å². The predicted octanol–water partition coefficient (Wildman–Crippen LogP) is 3.93. The Morgan fingerprint density at radius 3 is 2.70 bits per heavy atom. The van der Waals surface area contributed by atoms with Gasteiger partial charge >= 0.3 is 0 Å². The molecule has 0 aliphatic heterocycles. The average molecular weight is 264 g/mol. The molecule has 1 aromatic carbocycles. The molecule has 1 heterocycles. The van der Waals surface area contributed by atoms with Gasteiger partial charge < -0.3 is 4.74 Å². The summed E-state index contributed by atoms with van der Waals surface area (Å²) in [6, 6.07) is 11.9. The molecule has 0 radical (unpaired) electrons. The van der Waals surface area contributed by atoms with E-state index in [1.54, 1.807) is 6.07 Å². The SMILES string of the molecule is Cc1ccc(C#N)c(Oc2ccc3c(c2)CCCC3)n1. The minimum absolute atomic E-state index is 0.392. The van der Waals surface area contributed by atoms with Crippen molar-refractivity contribution in [3.8, 4) is 17.7 Å². The van der Waals surface area contributed by atoms with Crippen molar-refractivity contribution in [1.82, 2.24) is 4.98 Å². The molecule has 0 N–H and O–H groups in total. The molecule has 0 unspecified atom stereocenters. The zero-order valence-corrected chi connectivity index (χ0v) is 11.5. The highest BCUT2D eigenvalue weighted by Gasteiger charge is 2.12. The second-order valence-electron chi connectivity index (χ2n) is 5.16. The van der Waals surface area contributed by atoms with E-state index in [4.69, 9.17) is 10.00 Å². The topological polar surface area (TPSA) is 45.9 Å². The molecule has 0 saturated carbocycles. The van der Waals surface area contributed by atoms with Crippen LogP contribution in [0, 0.1) is 18.3 Å². The standard InChI is InChI=1S/C17H16N2O/c1-12-6-7-15(11-18)17(19-12)20-16-9-8-13-4-2-3-5-14(13)10-16/h6-10H,2-5H2,1H3. The third-order valence-corrected chi connectivity index (χ3v) is 3.65. The maximum atomic E-state index is 9.11.